The number of nitrogens with zero attached hydrogens (tertiary/aromatic N) is 1. The third-order valence-electron chi connectivity index (χ3n) is 1.81. The van der Waals surface area contributed by atoms with Crippen molar-refractivity contribution in [2.24, 2.45) is 0 Å². The van der Waals surface area contributed by atoms with Crippen LogP contribution in [-0.2, 0) is 0 Å². The van der Waals surface area contributed by atoms with E-state index in [2.05, 4.69) is 10.3 Å². The van der Waals surface area contributed by atoms with Crippen LogP contribution in [0.4, 0.5) is 10.8 Å². The summed E-state index contributed by atoms with van der Waals surface area (Å²) in [6, 6.07) is 0. The molecule has 0 aliphatic rings. The second-order valence-electron chi connectivity index (χ2n) is 2.93. The molecule has 78 valence electrons. The summed E-state index contributed by atoms with van der Waals surface area (Å²) in [5, 5.41) is 16.4. The zero-order valence-electron chi connectivity index (χ0n) is 7.85. The Morgan fingerprint density at radius 2 is 2.33 bits per heavy atom. The summed E-state index contributed by atoms with van der Waals surface area (Å²) in [4.78, 5) is 14.9. The smallest absolute Gasteiger partial charge is 0.347 e. The third kappa shape index (κ3) is 2.16. The number of anilines is 2. The molecule has 2 aromatic rings. The Morgan fingerprint density at radius 3 is 2.87 bits per heavy atom. The molecule has 0 saturated heterocycles. The molecule has 0 spiro atoms. The van der Waals surface area contributed by atoms with Crippen molar-refractivity contribution in [1.29, 1.82) is 0 Å². The van der Waals surface area contributed by atoms with Crippen molar-refractivity contribution in [2.45, 2.75) is 6.92 Å². The van der Waals surface area contributed by atoms with Gasteiger partial charge in [0.1, 0.15) is 4.88 Å². The first-order chi connectivity index (χ1) is 7.16. The standard InChI is InChI=1S/C9H8N2O2S2/c1-5-3-14-4-6(5)11-9-10-2-7(15-9)8(12)13/h2-4H,1H3,(H,10,11)(H,12,13). The predicted molar refractivity (Wildman–Crippen MR) is 61.4 cm³/mol. The summed E-state index contributed by atoms with van der Waals surface area (Å²) in [6.45, 7) is 1.99. The lowest BCUT2D eigenvalue weighted by atomic mass is 10.3. The third-order valence-corrected chi connectivity index (χ3v) is 3.58. The Hall–Kier alpha value is -1.40. The number of carboxylic acids is 1. The number of thiophene rings is 1. The van der Waals surface area contributed by atoms with Crippen LogP contribution in [0.25, 0.3) is 0 Å². The van der Waals surface area contributed by atoms with E-state index in [0.717, 1.165) is 22.6 Å². The summed E-state index contributed by atoms with van der Waals surface area (Å²) in [5.74, 6) is -0.942. The molecule has 0 aliphatic heterocycles. The molecule has 0 amide bonds. The largest absolute Gasteiger partial charge is 0.477 e. The molecule has 0 bridgehead atoms. The Balaban J connectivity index is 2.18. The van der Waals surface area contributed by atoms with Crippen LogP contribution in [0.2, 0.25) is 0 Å². The fraction of sp³-hybridized carbons (Fsp3) is 0.111. The molecule has 2 rings (SSSR count). The van der Waals surface area contributed by atoms with Crippen LogP contribution in [0.1, 0.15) is 15.2 Å². The molecule has 0 aliphatic carbocycles. The first-order valence-electron chi connectivity index (χ1n) is 4.16. The van der Waals surface area contributed by atoms with Crippen molar-refractivity contribution in [3.8, 4) is 0 Å². The molecule has 0 atom stereocenters. The molecule has 2 heterocycles. The van der Waals surface area contributed by atoms with Crippen LogP contribution in [0.5, 0.6) is 0 Å². The van der Waals surface area contributed by atoms with Gasteiger partial charge in [0.05, 0.1) is 11.9 Å². The van der Waals surface area contributed by atoms with Gasteiger partial charge in [-0.2, -0.15) is 0 Å². The van der Waals surface area contributed by atoms with E-state index in [1.807, 2.05) is 17.7 Å². The van der Waals surface area contributed by atoms with E-state index in [1.54, 1.807) is 11.3 Å². The quantitative estimate of drug-likeness (QED) is 0.865. The highest BCUT2D eigenvalue weighted by Gasteiger charge is 2.09. The Kier molecular flexibility index (Phi) is 2.70. The van der Waals surface area contributed by atoms with Gasteiger partial charge < -0.3 is 10.4 Å². The van der Waals surface area contributed by atoms with Crippen LogP contribution in [-0.4, -0.2) is 16.1 Å². The molecule has 6 heteroatoms. The normalized spacial score (nSPS) is 10.2. The highest BCUT2D eigenvalue weighted by Crippen LogP contribution is 2.26. The van der Waals surface area contributed by atoms with Crippen molar-refractivity contribution in [2.75, 3.05) is 5.32 Å². The molecule has 2 N–H and O–H groups in total. The van der Waals surface area contributed by atoms with Gasteiger partial charge in [-0.25, -0.2) is 9.78 Å². The van der Waals surface area contributed by atoms with E-state index in [0.29, 0.717) is 5.13 Å². The maximum atomic E-state index is 10.6. The van der Waals surface area contributed by atoms with Gasteiger partial charge in [-0.1, -0.05) is 11.3 Å². The second kappa shape index (κ2) is 4.00. The maximum absolute atomic E-state index is 10.6. The van der Waals surface area contributed by atoms with Gasteiger partial charge in [-0.05, 0) is 17.9 Å². The summed E-state index contributed by atoms with van der Waals surface area (Å²) < 4.78 is 0. The molecule has 0 radical (unpaired) electrons. The monoisotopic (exact) mass is 240 g/mol. The van der Waals surface area contributed by atoms with Crippen LogP contribution >= 0.6 is 22.7 Å². The minimum absolute atomic E-state index is 0.241. The Morgan fingerprint density at radius 1 is 1.53 bits per heavy atom. The molecule has 4 nitrogen and oxygen atoms in total. The molecular formula is C9H8N2O2S2. The average Bonchev–Trinajstić information content (AvgIpc) is 2.77. The van der Waals surface area contributed by atoms with Gasteiger partial charge >= 0.3 is 5.97 Å². The van der Waals surface area contributed by atoms with Gasteiger partial charge in [0.25, 0.3) is 0 Å². The van der Waals surface area contributed by atoms with Crippen LogP contribution in [0.15, 0.2) is 17.0 Å². The van der Waals surface area contributed by atoms with Gasteiger partial charge in [-0.15, -0.1) is 11.3 Å². The van der Waals surface area contributed by atoms with E-state index >= 15 is 0 Å². The lowest BCUT2D eigenvalue weighted by molar-refractivity contribution is 0.0702. The SMILES string of the molecule is Cc1cscc1Nc1ncc(C(=O)O)s1. The van der Waals surface area contributed by atoms with Crippen molar-refractivity contribution in [3.05, 3.63) is 27.4 Å². The highest BCUT2D eigenvalue weighted by atomic mass is 32.1. The molecule has 0 unspecified atom stereocenters. The summed E-state index contributed by atoms with van der Waals surface area (Å²) >= 11 is 2.73. The second-order valence-corrected chi connectivity index (χ2v) is 4.70. The Labute approximate surface area is 94.2 Å². The summed E-state index contributed by atoms with van der Waals surface area (Å²) in [5.41, 5.74) is 2.11. The van der Waals surface area contributed by atoms with Crippen molar-refractivity contribution in [1.82, 2.24) is 4.98 Å². The molecule has 0 aromatic carbocycles. The zero-order valence-corrected chi connectivity index (χ0v) is 9.48. The molecular weight excluding hydrogens is 232 g/mol. The molecule has 0 saturated carbocycles. The first-order valence-corrected chi connectivity index (χ1v) is 5.91. The number of rotatable bonds is 3. The lowest BCUT2D eigenvalue weighted by Crippen LogP contribution is -1.90. The molecule has 15 heavy (non-hydrogen) atoms. The van der Waals surface area contributed by atoms with Crippen LogP contribution < -0.4 is 5.32 Å². The van der Waals surface area contributed by atoms with Gasteiger partial charge in [0, 0.05) is 5.38 Å². The van der Waals surface area contributed by atoms with E-state index in [9.17, 15) is 4.79 Å². The predicted octanol–water partition coefficient (Wildman–Crippen LogP) is 2.95. The number of aromatic carboxylic acids is 1. The fourth-order valence-corrected chi connectivity index (χ4v) is 2.48. The number of hydrogen-bond acceptors (Lipinski definition) is 5. The number of thiazole rings is 1. The lowest BCUT2D eigenvalue weighted by Gasteiger charge is -1.99. The maximum Gasteiger partial charge on any atom is 0.347 e. The van der Waals surface area contributed by atoms with Crippen LogP contribution in [0.3, 0.4) is 0 Å². The topological polar surface area (TPSA) is 62.2 Å². The summed E-state index contributed by atoms with van der Waals surface area (Å²) in [6.07, 6.45) is 1.36. The molecule has 0 fully saturated rings. The van der Waals surface area contributed by atoms with E-state index in [4.69, 9.17) is 5.11 Å². The van der Waals surface area contributed by atoms with Crippen molar-refractivity contribution in [3.63, 3.8) is 0 Å². The van der Waals surface area contributed by atoms with Crippen LogP contribution in [0, 0.1) is 6.92 Å². The number of nitrogens with one attached hydrogen (secondary N) is 1. The minimum Gasteiger partial charge on any atom is -0.477 e. The van der Waals surface area contributed by atoms with E-state index < -0.39 is 5.97 Å². The highest BCUT2D eigenvalue weighted by molar-refractivity contribution is 7.17. The summed E-state index contributed by atoms with van der Waals surface area (Å²) in [7, 11) is 0. The Bertz CT molecular complexity index is 490. The number of carbonyl (C=O) groups is 1. The minimum atomic E-state index is -0.942. The average molecular weight is 240 g/mol. The number of aryl methyl sites for hydroxylation is 1. The van der Waals surface area contributed by atoms with Crippen molar-refractivity contribution < 1.29 is 9.90 Å². The van der Waals surface area contributed by atoms with Gasteiger partial charge in [-0.3, -0.25) is 0 Å². The van der Waals surface area contributed by atoms with Gasteiger partial charge in [0.15, 0.2) is 5.13 Å². The molecule has 2 aromatic heterocycles. The van der Waals surface area contributed by atoms with Gasteiger partial charge in [0.2, 0.25) is 0 Å². The van der Waals surface area contributed by atoms with Crippen molar-refractivity contribution >= 4 is 39.5 Å². The number of aromatic nitrogens is 1. The van der Waals surface area contributed by atoms with E-state index in [1.165, 1.54) is 6.20 Å². The first kappa shape index (κ1) is 10.1. The zero-order chi connectivity index (χ0) is 10.8. The fourth-order valence-electron chi connectivity index (χ4n) is 1.03. The van der Waals surface area contributed by atoms with E-state index in [-0.39, 0.29) is 4.88 Å². The number of carboxylic acid groups (broad SMARTS) is 1. The number of hydrogen-bond donors (Lipinski definition) is 2.